The Labute approximate surface area is 105 Å². The van der Waals surface area contributed by atoms with Crippen LogP contribution in [0.1, 0.15) is 15.9 Å². The quantitative estimate of drug-likeness (QED) is 0.904. The van der Waals surface area contributed by atoms with Crippen LogP contribution in [0, 0.1) is 6.92 Å². The van der Waals surface area contributed by atoms with Gasteiger partial charge in [0.05, 0.1) is 14.2 Å². The predicted molar refractivity (Wildman–Crippen MR) is 68.7 cm³/mol. The first-order chi connectivity index (χ1) is 8.58. The van der Waals surface area contributed by atoms with Crippen LogP contribution in [-0.4, -0.2) is 25.3 Å². The monoisotopic (exact) mass is 246 g/mol. The van der Waals surface area contributed by atoms with Crippen molar-refractivity contribution in [3.8, 4) is 11.5 Å². The van der Waals surface area contributed by atoms with E-state index >= 15 is 0 Å². The molecule has 1 N–H and O–H groups in total. The number of benzene rings is 2. The average molecular weight is 246 g/mol. The van der Waals surface area contributed by atoms with E-state index in [4.69, 9.17) is 9.47 Å². The summed E-state index contributed by atoms with van der Waals surface area (Å²) in [6.07, 6.45) is 0. The van der Waals surface area contributed by atoms with Gasteiger partial charge in [0.2, 0.25) is 0 Å². The molecule has 2 aromatic rings. The molecule has 18 heavy (non-hydrogen) atoms. The van der Waals surface area contributed by atoms with Gasteiger partial charge in [-0.3, -0.25) is 0 Å². The van der Waals surface area contributed by atoms with Crippen molar-refractivity contribution in [1.82, 2.24) is 0 Å². The first-order valence-electron chi connectivity index (χ1n) is 5.47. The van der Waals surface area contributed by atoms with Crippen LogP contribution in [0.25, 0.3) is 10.8 Å². The van der Waals surface area contributed by atoms with E-state index in [0.29, 0.717) is 16.9 Å². The van der Waals surface area contributed by atoms with Gasteiger partial charge in [0, 0.05) is 5.39 Å². The van der Waals surface area contributed by atoms with Crippen LogP contribution >= 0.6 is 0 Å². The molecule has 0 fully saturated rings. The Morgan fingerprint density at radius 3 is 2.39 bits per heavy atom. The van der Waals surface area contributed by atoms with Crippen molar-refractivity contribution in [2.24, 2.45) is 0 Å². The van der Waals surface area contributed by atoms with Gasteiger partial charge in [-0.2, -0.15) is 0 Å². The lowest BCUT2D eigenvalue weighted by atomic mass is 9.99. The van der Waals surface area contributed by atoms with Crippen LogP contribution in [0.2, 0.25) is 0 Å². The summed E-state index contributed by atoms with van der Waals surface area (Å²) < 4.78 is 10.3. The minimum atomic E-state index is -1.01. The molecule has 0 atom stereocenters. The van der Waals surface area contributed by atoms with E-state index in [0.717, 1.165) is 10.9 Å². The summed E-state index contributed by atoms with van der Waals surface area (Å²) in [6, 6.07) is 7.12. The van der Waals surface area contributed by atoms with Gasteiger partial charge in [-0.15, -0.1) is 0 Å². The number of carboxylic acids is 1. The van der Waals surface area contributed by atoms with Gasteiger partial charge in [-0.25, -0.2) is 4.79 Å². The largest absolute Gasteiger partial charge is 0.497 e. The molecule has 0 bridgehead atoms. The highest BCUT2D eigenvalue weighted by Gasteiger charge is 2.16. The molecule has 0 aliphatic carbocycles. The number of aryl methyl sites for hydroxylation is 1. The fourth-order valence-electron chi connectivity index (χ4n) is 2.08. The summed E-state index contributed by atoms with van der Waals surface area (Å²) in [5.41, 5.74) is 1.13. The molecule has 0 radical (unpaired) electrons. The van der Waals surface area contributed by atoms with Crippen LogP contribution in [0.4, 0.5) is 0 Å². The highest BCUT2D eigenvalue weighted by Crippen LogP contribution is 2.32. The summed E-state index contributed by atoms with van der Waals surface area (Å²) in [6.45, 7) is 1.92. The molecule has 2 aromatic carbocycles. The van der Waals surface area contributed by atoms with Gasteiger partial charge in [0.15, 0.2) is 0 Å². The lowest BCUT2D eigenvalue weighted by Crippen LogP contribution is -2.02. The third-order valence-electron chi connectivity index (χ3n) is 2.95. The topological polar surface area (TPSA) is 55.8 Å². The molecule has 0 aliphatic heterocycles. The number of fused-ring (bicyclic) bond motifs is 1. The van der Waals surface area contributed by atoms with Gasteiger partial charge < -0.3 is 14.6 Å². The molecule has 0 saturated heterocycles. The first-order valence-corrected chi connectivity index (χ1v) is 5.47. The first kappa shape index (κ1) is 12.2. The number of hydrogen-bond acceptors (Lipinski definition) is 3. The van der Waals surface area contributed by atoms with Gasteiger partial charge >= 0.3 is 5.97 Å². The van der Waals surface area contributed by atoms with Crippen molar-refractivity contribution in [1.29, 1.82) is 0 Å². The molecule has 0 amide bonds. The summed E-state index contributed by atoms with van der Waals surface area (Å²) in [5.74, 6) is -0.0245. The summed E-state index contributed by atoms with van der Waals surface area (Å²) in [7, 11) is 3.02. The van der Waals surface area contributed by atoms with E-state index in [1.807, 2.05) is 19.1 Å². The van der Waals surface area contributed by atoms with Crippen molar-refractivity contribution < 1.29 is 19.4 Å². The molecule has 4 nitrogen and oxygen atoms in total. The average Bonchev–Trinajstić information content (AvgIpc) is 2.36. The lowest BCUT2D eigenvalue weighted by molar-refractivity contribution is 0.0695. The normalized spacial score (nSPS) is 10.4. The van der Waals surface area contributed by atoms with E-state index in [9.17, 15) is 9.90 Å². The van der Waals surface area contributed by atoms with Crippen LogP contribution in [0.3, 0.4) is 0 Å². The molecular formula is C14H14O4. The van der Waals surface area contributed by atoms with Gasteiger partial charge in [0.25, 0.3) is 0 Å². The fourth-order valence-corrected chi connectivity index (χ4v) is 2.08. The molecule has 0 aliphatic rings. The zero-order chi connectivity index (χ0) is 13.3. The smallest absolute Gasteiger partial charge is 0.340 e. The zero-order valence-corrected chi connectivity index (χ0v) is 10.5. The summed E-state index contributed by atoms with van der Waals surface area (Å²) >= 11 is 0. The predicted octanol–water partition coefficient (Wildman–Crippen LogP) is 2.86. The Morgan fingerprint density at radius 1 is 1.11 bits per heavy atom. The highest BCUT2D eigenvalue weighted by molar-refractivity contribution is 6.07. The minimum Gasteiger partial charge on any atom is -0.497 e. The molecule has 0 aromatic heterocycles. The molecule has 0 unspecified atom stereocenters. The Hall–Kier alpha value is -2.23. The third kappa shape index (κ3) is 1.86. The van der Waals surface area contributed by atoms with Crippen LogP contribution < -0.4 is 9.47 Å². The van der Waals surface area contributed by atoms with Gasteiger partial charge in [-0.1, -0.05) is 6.07 Å². The van der Waals surface area contributed by atoms with Crippen LogP contribution in [-0.2, 0) is 0 Å². The molecule has 0 heterocycles. The Bertz CT molecular complexity index is 617. The number of carbonyl (C=O) groups is 1. The van der Waals surface area contributed by atoms with Gasteiger partial charge in [0.1, 0.15) is 17.1 Å². The summed E-state index contributed by atoms with van der Waals surface area (Å²) in [4.78, 5) is 11.4. The second-order valence-corrected chi connectivity index (χ2v) is 3.99. The second-order valence-electron chi connectivity index (χ2n) is 3.99. The van der Waals surface area contributed by atoms with Crippen LogP contribution in [0.15, 0.2) is 24.3 Å². The lowest BCUT2D eigenvalue weighted by Gasteiger charge is -2.11. The van der Waals surface area contributed by atoms with E-state index in [2.05, 4.69) is 0 Å². The Balaban J connectivity index is 2.89. The Morgan fingerprint density at radius 2 is 1.83 bits per heavy atom. The number of methoxy groups -OCH3 is 2. The summed E-state index contributed by atoms with van der Waals surface area (Å²) in [5, 5.41) is 10.8. The van der Waals surface area contributed by atoms with Crippen LogP contribution in [0.5, 0.6) is 11.5 Å². The number of rotatable bonds is 3. The van der Waals surface area contributed by atoms with E-state index in [1.54, 1.807) is 19.2 Å². The number of ether oxygens (including phenoxy) is 2. The van der Waals surface area contributed by atoms with E-state index in [1.165, 1.54) is 7.11 Å². The second kappa shape index (κ2) is 4.56. The van der Waals surface area contributed by atoms with Gasteiger partial charge in [-0.05, 0) is 36.1 Å². The highest BCUT2D eigenvalue weighted by atomic mass is 16.5. The molecular weight excluding hydrogens is 232 g/mol. The minimum absolute atomic E-state index is 0.164. The van der Waals surface area contributed by atoms with Crippen molar-refractivity contribution >= 4 is 16.7 Å². The van der Waals surface area contributed by atoms with Crippen molar-refractivity contribution in [2.45, 2.75) is 6.92 Å². The molecule has 0 saturated carbocycles. The maximum absolute atomic E-state index is 11.4. The molecule has 2 rings (SSSR count). The van der Waals surface area contributed by atoms with E-state index in [-0.39, 0.29) is 5.56 Å². The number of aromatic carboxylic acids is 1. The van der Waals surface area contributed by atoms with Crippen molar-refractivity contribution in [2.75, 3.05) is 14.2 Å². The molecule has 94 valence electrons. The zero-order valence-electron chi connectivity index (χ0n) is 10.5. The maximum atomic E-state index is 11.4. The SMILES string of the molecule is COc1cc(C)c2ccc(OC)c(C(=O)O)c2c1. The standard InChI is InChI=1S/C14H14O4/c1-8-6-9(17-2)7-11-10(8)4-5-12(18-3)13(11)14(15)16/h4-7H,1-3H3,(H,15,16). The molecule has 4 heteroatoms. The van der Waals surface area contributed by atoms with Crippen molar-refractivity contribution in [3.63, 3.8) is 0 Å². The number of carboxylic acid groups (broad SMARTS) is 1. The number of hydrogen-bond donors (Lipinski definition) is 1. The Kier molecular flexibility index (Phi) is 3.10. The van der Waals surface area contributed by atoms with E-state index < -0.39 is 5.97 Å². The third-order valence-corrected chi connectivity index (χ3v) is 2.95. The van der Waals surface area contributed by atoms with Crippen molar-refractivity contribution in [3.05, 3.63) is 35.4 Å². The molecule has 0 spiro atoms. The maximum Gasteiger partial charge on any atom is 0.340 e. The fraction of sp³-hybridized carbons (Fsp3) is 0.214.